The van der Waals surface area contributed by atoms with Crippen molar-refractivity contribution in [3.63, 3.8) is 0 Å². The highest BCUT2D eigenvalue weighted by Gasteiger charge is 2.19. The molecule has 0 atom stereocenters. The molecule has 26 heavy (non-hydrogen) atoms. The van der Waals surface area contributed by atoms with Gasteiger partial charge in [0.2, 0.25) is 0 Å². The lowest BCUT2D eigenvalue weighted by molar-refractivity contribution is 0.0932. The van der Waals surface area contributed by atoms with E-state index in [1.165, 1.54) is 6.07 Å². The van der Waals surface area contributed by atoms with Crippen molar-refractivity contribution in [3.05, 3.63) is 65.2 Å². The number of nitrogens with one attached hydrogen (secondary N) is 2. The van der Waals surface area contributed by atoms with Crippen LogP contribution in [0.25, 0.3) is 0 Å². The second kappa shape index (κ2) is 8.56. The van der Waals surface area contributed by atoms with Gasteiger partial charge in [-0.1, -0.05) is 37.1 Å². The Kier molecular flexibility index (Phi) is 5.94. The lowest BCUT2D eigenvalue weighted by Gasteiger charge is -2.12. The molecule has 1 aromatic heterocycles. The van der Waals surface area contributed by atoms with Gasteiger partial charge in [0.05, 0.1) is 0 Å². The largest absolute Gasteiger partial charge is 0.350 e. The van der Waals surface area contributed by atoms with Gasteiger partial charge in [-0.3, -0.25) is 9.59 Å². The maximum Gasteiger partial charge on any atom is 0.270 e. The first-order valence-electron chi connectivity index (χ1n) is 8.93. The number of carbonyl (C=O) groups is 2. The lowest BCUT2D eigenvalue weighted by Crippen LogP contribution is -2.34. The number of benzene rings is 1. The molecule has 0 saturated heterocycles. The van der Waals surface area contributed by atoms with Crippen LogP contribution in [0.4, 0.5) is 4.39 Å². The van der Waals surface area contributed by atoms with E-state index in [0.29, 0.717) is 18.5 Å². The van der Waals surface area contributed by atoms with Gasteiger partial charge in [-0.15, -0.1) is 0 Å². The normalized spacial score (nSPS) is 14.2. The van der Waals surface area contributed by atoms with Crippen LogP contribution in [0.1, 0.15) is 52.2 Å². The Balaban J connectivity index is 1.55. The number of aromatic nitrogens is 1. The molecule has 2 amide bonds. The van der Waals surface area contributed by atoms with E-state index in [4.69, 9.17) is 0 Å². The molecule has 0 bridgehead atoms. The highest BCUT2D eigenvalue weighted by Crippen LogP contribution is 2.18. The predicted octanol–water partition coefficient (Wildman–Crippen LogP) is 2.87. The van der Waals surface area contributed by atoms with Crippen molar-refractivity contribution in [2.45, 2.75) is 38.1 Å². The summed E-state index contributed by atoms with van der Waals surface area (Å²) in [7, 11) is 0. The molecular weight excluding hydrogens is 333 g/mol. The second-order valence-corrected chi connectivity index (χ2v) is 6.46. The third-order valence-electron chi connectivity index (χ3n) is 4.54. The fourth-order valence-electron chi connectivity index (χ4n) is 3.12. The molecule has 1 heterocycles. The summed E-state index contributed by atoms with van der Waals surface area (Å²) in [6, 6.07) is 11.5. The minimum atomic E-state index is -0.378. The predicted molar refractivity (Wildman–Crippen MR) is 96.4 cm³/mol. The molecule has 6 heteroatoms. The first kappa shape index (κ1) is 18.0. The summed E-state index contributed by atoms with van der Waals surface area (Å²) in [5.74, 6) is -0.916. The summed E-state index contributed by atoms with van der Waals surface area (Å²) in [5.41, 5.74) is 0.960. The quantitative estimate of drug-likeness (QED) is 0.837. The van der Waals surface area contributed by atoms with Crippen molar-refractivity contribution < 1.29 is 14.0 Å². The van der Waals surface area contributed by atoms with Gasteiger partial charge < -0.3 is 10.6 Å². The van der Waals surface area contributed by atoms with Crippen LogP contribution in [-0.2, 0) is 6.42 Å². The van der Waals surface area contributed by atoms with Crippen molar-refractivity contribution in [1.29, 1.82) is 0 Å². The van der Waals surface area contributed by atoms with E-state index in [1.807, 2.05) is 0 Å². The fourth-order valence-corrected chi connectivity index (χ4v) is 3.12. The van der Waals surface area contributed by atoms with Crippen LogP contribution in [-0.4, -0.2) is 29.4 Å². The van der Waals surface area contributed by atoms with Crippen molar-refractivity contribution in [3.8, 4) is 0 Å². The van der Waals surface area contributed by atoms with E-state index in [1.54, 1.807) is 36.4 Å². The van der Waals surface area contributed by atoms with E-state index in [9.17, 15) is 14.0 Å². The minimum Gasteiger partial charge on any atom is -0.350 e. The van der Waals surface area contributed by atoms with E-state index in [0.717, 1.165) is 25.7 Å². The summed E-state index contributed by atoms with van der Waals surface area (Å²) in [5, 5.41) is 5.67. The summed E-state index contributed by atoms with van der Waals surface area (Å²) in [6.07, 6.45) is 4.62. The zero-order valence-corrected chi connectivity index (χ0v) is 14.5. The topological polar surface area (TPSA) is 71.1 Å². The number of halogens is 1. The third-order valence-corrected chi connectivity index (χ3v) is 4.54. The molecule has 0 spiro atoms. The van der Waals surface area contributed by atoms with Gasteiger partial charge >= 0.3 is 0 Å². The highest BCUT2D eigenvalue weighted by atomic mass is 19.1. The summed E-state index contributed by atoms with van der Waals surface area (Å²) < 4.78 is 13.6. The number of hydrogen-bond donors (Lipinski definition) is 2. The summed E-state index contributed by atoms with van der Waals surface area (Å²) in [6.45, 7) is 0.292. The SMILES string of the molecule is O=C(NCCc1ccccc1F)c1cccc(C(=O)NC2CCCC2)n1. The maximum atomic E-state index is 13.6. The fraction of sp³-hybridized carbons (Fsp3) is 0.350. The third kappa shape index (κ3) is 4.65. The molecular formula is C20H22FN3O2. The molecule has 0 radical (unpaired) electrons. The molecule has 2 aromatic rings. The Labute approximate surface area is 152 Å². The Morgan fingerprint density at radius 2 is 1.69 bits per heavy atom. The molecule has 136 valence electrons. The molecule has 1 aliphatic carbocycles. The zero-order chi connectivity index (χ0) is 18.4. The second-order valence-electron chi connectivity index (χ2n) is 6.46. The summed E-state index contributed by atoms with van der Waals surface area (Å²) in [4.78, 5) is 28.7. The van der Waals surface area contributed by atoms with Crippen molar-refractivity contribution in [2.75, 3.05) is 6.54 Å². The average Bonchev–Trinajstić information content (AvgIpc) is 3.16. The van der Waals surface area contributed by atoms with E-state index < -0.39 is 0 Å². The van der Waals surface area contributed by atoms with Crippen molar-refractivity contribution in [2.24, 2.45) is 0 Å². The van der Waals surface area contributed by atoms with Crippen molar-refractivity contribution >= 4 is 11.8 Å². The number of carbonyl (C=O) groups excluding carboxylic acids is 2. The highest BCUT2D eigenvalue weighted by molar-refractivity contribution is 5.96. The van der Waals surface area contributed by atoms with Crippen LogP contribution in [0, 0.1) is 5.82 Å². The Bertz CT molecular complexity index is 788. The van der Waals surface area contributed by atoms with E-state index >= 15 is 0 Å². The van der Waals surface area contributed by atoms with Gasteiger partial charge in [-0.25, -0.2) is 9.37 Å². The average molecular weight is 355 g/mol. The minimum absolute atomic E-state index is 0.178. The van der Waals surface area contributed by atoms with Gasteiger partial charge in [0.1, 0.15) is 17.2 Å². The van der Waals surface area contributed by atoms with Crippen LogP contribution in [0.15, 0.2) is 42.5 Å². The van der Waals surface area contributed by atoms with Gasteiger partial charge in [-0.05, 0) is 43.0 Å². The van der Waals surface area contributed by atoms with Crippen LogP contribution in [0.2, 0.25) is 0 Å². The molecule has 0 aliphatic heterocycles. The maximum absolute atomic E-state index is 13.6. The van der Waals surface area contributed by atoms with Gasteiger partial charge in [-0.2, -0.15) is 0 Å². The van der Waals surface area contributed by atoms with Crippen LogP contribution < -0.4 is 10.6 Å². The Morgan fingerprint density at radius 1 is 1.00 bits per heavy atom. The van der Waals surface area contributed by atoms with E-state index in [2.05, 4.69) is 15.6 Å². The number of rotatable bonds is 6. The number of pyridine rings is 1. The number of nitrogens with zero attached hydrogens (tertiary/aromatic N) is 1. The number of hydrogen-bond acceptors (Lipinski definition) is 3. The molecule has 5 nitrogen and oxygen atoms in total. The lowest BCUT2D eigenvalue weighted by atomic mass is 10.1. The Morgan fingerprint density at radius 3 is 2.42 bits per heavy atom. The van der Waals surface area contributed by atoms with Crippen LogP contribution >= 0.6 is 0 Å². The zero-order valence-electron chi connectivity index (χ0n) is 14.5. The molecule has 1 aliphatic rings. The standard InChI is InChI=1S/C20H22FN3O2/c21-16-9-4-1-6-14(16)12-13-22-19(25)17-10-5-11-18(24-17)20(26)23-15-7-2-3-8-15/h1,4-6,9-11,15H,2-3,7-8,12-13H2,(H,22,25)(H,23,26). The number of amides is 2. The van der Waals surface area contributed by atoms with Gasteiger partial charge in [0.25, 0.3) is 11.8 Å². The molecule has 1 aromatic carbocycles. The summed E-state index contributed by atoms with van der Waals surface area (Å²) >= 11 is 0. The molecule has 2 N–H and O–H groups in total. The smallest absolute Gasteiger partial charge is 0.270 e. The van der Waals surface area contributed by atoms with Gasteiger partial charge in [0, 0.05) is 12.6 Å². The molecule has 3 rings (SSSR count). The van der Waals surface area contributed by atoms with Gasteiger partial charge in [0.15, 0.2) is 0 Å². The first-order chi connectivity index (χ1) is 12.6. The molecule has 0 unspecified atom stereocenters. The van der Waals surface area contributed by atoms with Crippen LogP contribution in [0.3, 0.4) is 0 Å². The monoisotopic (exact) mass is 355 g/mol. The first-order valence-corrected chi connectivity index (χ1v) is 8.93. The Hall–Kier alpha value is -2.76. The van der Waals surface area contributed by atoms with E-state index in [-0.39, 0.29) is 35.1 Å². The molecule has 1 fully saturated rings. The molecule has 1 saturated carbocycles. The van der Waals surface area contributed by atoms with Crippen molar-refractivity contribution in [1.82, 2.24) is 15.6 Å². The van der Waals surface area contributed by atoms with Crippen LogP contribution in [0.5, 0.6) is 0 Å².